The van der Waals surface area contributed by atoms with Crippen LogP contribution in [-0.2, 0) is 11.3 Å². The van der Waals surface area contributed by atoms with Crippen LogP contribution in [-0.4, -0.2) is 29.9 Å². The van der Waals surface area contributed by atoms with Crippen molar-refractivity contribution in [3.63, 3.8) is 0 Å². The quantitative estimate of drug-likeness (QED) is 0.849. The number of piperidine rings is 1. The molecule has 2 aromatic rings. The van der Waals surface area contributed by atoms with E-state index in [2.05, 4.69) is 10.6 Å². The first-order chi connectivity index (χ1) is 13.1. The highest BCUT2D eigenvalue weighted by Gasteiger charge is 2.28. The SMILES string of the molecule is O=C(NCc1ccccc1F)N[C@@H](C(=O)N1CCCCC1)c1ccccc1. The molecule has 142 valence electrons. The number of halogens is 1. The first kappa shape index (κ1) is 18.9. The van der Waals surface area contributed by atoms with Gasteiger partial charge in [-0.1, -0.05) is 48.5 Å². The van der Waals surface area contributed by atoms with Crippen LogP contribution in [0.5, 0.6) is 0 Å². The Labute approximate surface area is 158 Å². The highest BCUT2D eigenvalue weighted by molar-refractivity contribution is 5.88. The number of carbonyl (C=O) groups is 2. The zero-order valence-electron chi connectivity index (χ0n) is 15.2. The Kier molecular flexibility index (Phi) is 6.41. The first-order valence-electron chi connectivity index (χ1n) is 9.26. The minimum absolute atomic E-state index is 0.0535. The summed E-state index contributed by atoms with van der Waals surface area (Å²) < 4.78 is 13.7. The number of nitrogens with one attached hydrogen (secondary N) is 2. The molecule has 2 N–H and O–H groups in total. The largest absolute Gasteiger partial charge is 0.341 e. The van der Waals surface area contributed by atoms with Crippen molar-refractivity contribution in [3.05, 3.63) is 71.5 Å². The van der Waals surface area contributed by atoms with E-state index < -0.39 is 12.1 Å². The molecule has 5 nitrogen and oxygen atoms in total. The van der Waals surface area contributed by atoms with E-state index in [0.717, 1.165) is 24.8 Å². The first-order valence-corrected chi connectivity index (χ1v) is 9.26. The molecular formula is C21H24FN3O2. The molecule has 2 aromatic carbocycles. The van der Waals surface area contributed by atoms with Crippen molar-refractivity contribution < 1.29 is 14.0 Å². The number of hydrogen-bond acceptors (Lipinski definition) is 2. The predicted molar refractivity (Wildman–Crippen MR) is 101 cm³/mol. The smallest absolute Gasteiger partial charge is 0.315 e. The number of likely N-dealkylation sites (tertiary alicyclic amines) is 1. The summed E-state index contributed by atoms with van der Waals surface area (Å²) in [5.74, 6) is -0.483. The van der Waals surface area contributed by atoms with Crippen LogP contribution in [0.2, 0.25) is 0 Å². The third-order valence-electron chi connectivity index (χ3n) is 4.72. The molecule has 1 heterocycles. The van der Waals surface area contributed by atoms with E-state index in [1.165, 1.54) is 6.07 Å². The average molecular weight is 369 g/mol. The van der Waals surface area contributed by atoms with Gasteiger partial charge in [0, 0.05) is 25.2 Å². The number of rotatable bonds is 5. The van der Waals surface area contributed by atoms with Gasteiger partial charge in [0.25, 0.3) is 0 Å². The van der Waals surface area contributed by atoms with Gasteiger partial charge in [-0.3, -0.25) is 4.79 Å². The maximum Gasteiger partial charge on any atom is 0.315 e. The molecule has 0 bridgehead atoms. The fourth-order valence-corrected chi connectivity index (χ4v) is 3.23. The summed E-state index contributed by atoms with van der Waals surface area (Å²) in [5.41, 5.74) is 1.13. The van der Waals surface area contributed by atoms with E-state index >= 15 is 0 Å². The fraction of sp³-hybridized carbons (Fsp3) is 0.333. The van der Waals surface area contributed by atoms with E-state index in [1.807, 2.05) is 30.3 Å². The van der Waals surface area contributed by atoms with Crippen LogP contribution in [0.4, 0.5) is 9.18 Å². The van der Waals surface area contributed by atoms with Crippen LogP contribution in [0.1, 0.15) is 36.4 Å². The van der Waals surface area contributed by atoms with Crippen molar-refractivity contribution in [2.45, 2.75) is 31.8 Å². The Morgan fingerprint density at radius 2 is 1.63 bits per heavy atom. The molecule has 0 aromatic heterocycles. The molecule has 1 aliphatic rings. The van der Waals surface area contributed by atoms with E-state index in [1.54, 1.807) is 23.1 Å². The highest BCUT2D eigenvalue weighted by atomic mass is 19.1. The lowest BCUT2D eigenvalue weighted by Crippen LogP contribution is -2.47. The van der Waals surface area contributed by atoms with Crippen LogP contribution >= 0.6 is 0 Å². The summed E-state index contributed by atoms with van der Waals surface area (Å²) in [6.45, 7) is 1.47. The van der Waals surface area contributed by atoms with E-state index in [0.29, 0.717) is 18.7 Å². The van der Waals surface area contributed by atoms with Gasteiger partial charge >= 0.3 is 6.03 Å². The molecule has 27 heavy (non-hydrogen) atoms. The Morgan fingerprint density at radius 1 is 0.963 bits per heavy atom. The molecule has 1 saturated heterocycles. The maximum atomic E-state index is 13.7. The Hall–Kier alpha value is -2.89. The molecule has 0 aliphatic carbocycles. The van der Waals surface area contributed by atoms with E-state index in [4.69, 9.17) is 0 Å². The van der Waals surface area contributed by atoms with Gasteiger partial charge in [0.05, 0.1) is 0 Å². The topological polar surface area (TPSA) is 61.4 Å². The van der Waals surface area contributed by atoms with Crippen molar-refractivity contribution in [1.29, 1.82) is 0 Å². The molecule has 0 saturated carbocycles. The molecule has 3 rings (SSSR count). The van der Waals surface area contributed by atoms with Gasteiger partial charge in [-0.15, -0.1) is 0 Å². The summed E-state index contributed by atoms with van der Waals surface area (Å²) in [5, 5.41) is 5.39. The normalized spacial score (nSPS) is 15.1. The predicted octanol–water partition coefficient (Wildman–Crippen LogP) is 3.38. The van der Waals surface area contributed by atoms with Crippen molar-refractivity contribution in [2.75, 3.05) is 13.1 Å². The van der Waals surface area contributed by atoms with Crippen LogP contribution in [0, 0.1) is 5.82 Å². The van der Waals surface area contributed by atoms with E-state index in [9.17, 15) is 14.0 Å². The van der Waals surface area contributed by atoms with Crippen molar-refractivity contribution in [3.8, 4) is 0 Å². The van der Waals surface area contributed by atoms with Gasteiger partial charge in [-0.25, -0.2) is 9.18 Å². The molecule has 1 fully saturated rings. The number of nitrogens with zero attached hydrogens (tertiary/aromatic N) is 1. The fourth-order valence-electron chi connectivity index (χ4n) is 3.23. The van der Waals surface area contributed by atoms with Gasteiger partial charge < -0.3 is 15.5 Å². The summed E-state index contributed by atoms with van der Waals surface area (Å²) >= 11 is 0. The van der Waals surface area contributed by atoms with Gasteiger partial charge in [-0.05, 0) is 30.9 Å². The second-order valence-corrected chi connectivity index (χ2v) is 6.65. The molecular weight excluding hydrogens is 345 g/mol. The van der Waals surface area contributed by atoms with Crippen LogP contribution in [0.15, 0.2) is 54.6 Å². The van der Waals surface area contributed by atoms with Crippen LogP contribution < -0.4 is 10.6 Å². The summed E-state index contributed by atoms with van der Waals surface area (Å²) in [7, 11) is 0. The summed E-state index contributed by atoms with van der Waals surface area (Å²) in [4.78, 5) is 27.2. The Bertz CT molecular complexity index is 776. The lowest BCUT2D eigenvalue weighted by atomic mass is 10.0. The molecule has 1 aliphatic heterocycles. The molecule has 1 atom stereocenters. The lowest BCUT2D eigenvalue weighted by molar-refractivity contribution is -0.134. The van der Waals surface area contributed by atoms with Gasteiger partial charge in [-0.2, -0.15) is 0 Å². The van der Waals surface area contributed by atoms with E-state index in [-0.39, 0.29) is 18.3 Å². The van der Waals surface area contributed by atoms with Gasteiger partial charge in [0.1, 0.15) is 11.9 Å². The minimum atomic E-state index is -0.759. The summed E-state index contributed by atoms with van der Waals surface area (Å²) in [6, 6.07) is 14.2. The second-order valence-electron chi connectivity index (χ2n) is 6.65. The lowest BCUT2D eigenvalue weighted by Gasteiger charge is -2.31. The third-order valence-corrected chi connectivity index (χ3v) is 4.72. The second kappa shape index (κ2) is 9.16. The van der Waals surface area contributed by atoms with Crippen LogP contribution in [0.3, 0.4) is 0 Å². The Morgan fingerprint density at radius 3 is 2.33 bits per heavy atom. The molecule has 0 radical (unpaired) electrons. The maximum absolute atomic E-state index is 13.7. The number of amides is 3. The molecule has 0 unspecified atom stereocenters. The third kappa shape index (κ3) is 5.06. The minimum Gasteiger partial charge on any atom is -0.341 e. The zero-order chi connectivity index (χ0) is 19.1. The van der Waals surface area contributed by atoms with Crippen molar-refractivity contribution in [2.24, 2.45) is 0 Å². The Balaban J connectivity index is 1.68. The number of urea groups is 1. The highest BCUT2D eigenvalue weighted by Crippen LogP contribution is 2.19. The van der Waals surface area contributed by atoms with Gasteiger partial charge in [0.15, 0.2) is 0 Å². The average Bonchev–Trinajstić information content (AvgIpc) is 2.72. The number of hydrogen-bond donors (Lipinski definition) is 2. The summed E-state index contributed by atoms with van der Waals surface area (Å²) in [6.07, 6.45) is 3.08. The molecule has 6 heteroatoms. The van der Waals surface area contributed by atoms with Crippen molar-refractivity contribution in [1.82, 2.24) is 15.5 Å². The molecule has 3 amide bonds. The van der Waals surface area contributed by atoms with Crippen molar-refractivity contribution >= 4 is 11.9 Å². The number of benzene rings is 2. The van der Waals surface area contributed by atoms with Gasteiger partial charge in [0.2, 0.25) is 5.91 Å². The molecule has 0 spiro atoms. The monoisotopic (exact) mass is 369 g/mol. The van der Waals surface area contributed by atoms with Crippen LogP contribution in [0.25, 0.3) is 0 Å². The zero-order valence-corrected chi connectivity index (χ0v) is 15.2. The standard InChI is InChI=1S/C21H24FN3O2/c22-18-12-6-5-11-17(18)15-23-21(27)24-19(16-9-3-1-4-10-16)20(26)25-13-7-2-8-14-25/h1,3-6,9-12,19H,2,7-8,13-15H2,(H2,23,24,27)/t19-/m1/s1. The number of carbonyl (C=O) groups excluding carboxylic acids is 2.